The van der Waals surface area contributed by atoms with E-state index in [0.29, 0.717) is 17.3 Å². The molecule has 0 atom stereocenters. The lowest BCUT2D eigenvalue weighted by molar-refractivity contribution is 0.356. The van der Waals surface area contributed by atoms with Crippen LogP contribution in [0.2, 0.25) is 0 Å². The number of anilines is 1. The Morgan fingerprint density at radius 1 is 1.11 bits per heavy atom. The Kier molecular flexibility index (Phi) is 3.71. The Labute approximate surface area is 111 Å². The van der Waals surface area contributed by atoms with Gasteiger partial charge in [0.2, 0.25) is 0 Å². The van der Waals surface area contributed by atoms with E-state index in [4.69, 9.17) is 15.3 Å². The molecule has 0 aliphatic heterocycles. The zero-order valence-electron chi connectivity index (χ0n) is 11.5. The van der Waals surface area contributed by atoms with Crippen LogP contribution in [0.25, 0.3) is 10.9 Å². The van der Waals surface area contributed by atoms with Crippen LogP contribution in [0.4, 0.5) is 5.82 Å². The Bertz CT molecular complexity index is 599. The van der Waals surface area contributed by atoms with Gasteiger partial charge in [0.25, 0.3) is 0 Å². The predicted molar refractivity (Wildman–Crippen MR) is 74.5 cm³/mol. The summed E-state index contributed by atoms with van der Waals surface area (Å²) in [4.78, 5) is 8.93. The van der Waals surface area contributed by atoms with Crippen LogP contribution in [-0.4, -0.2) is 24.2 Å². The first-order chi connectivity index (χ1) is 9.10. The number of benzene rings is 1. The van der Waals surface area contributed by atoms with E-state index in [0.717, 1.165) is 16.7 Å². The van der Waals surface area contributed by atoms with Crippen LogP contribution in [0, 0.1) is 0 Å². The van der Waals surface area contributed by atoms with Gasteiger partial charge in [-0.1, -0.05) is 13.8 Å². The van der Waals surface area contributed by atoms with Gasteiger partial charge < -0.3 is 14.9 Å². The molecular formula is C13H18N4O2. The molecule has 0 radical (unpaired) electrons. The van der Waals surface area contributed by atoms with Crippen molar-refractivity contribution in [3.8, 4) is 11.5 Å². The second kappa shape index (κ2) is 5.27. The second-order valence-electron chi connectivity index (χ2n) is 4.45. The molecule has 0 spiro atoms. The molecule has 0 fully saturated rings. The summed E-state index contributed by atoms with van der Waals surface area (Å²) >= 11 is 0. The van der Waals surface area contributed by atoms with Crippen molar-refractivity contribution >= 4 is 16.7 Å². The maximum absolute atomic E-state index is 5.53. The first-order valence-corrected chi connectivity index (χ1v) is 6.01. The van der Waals surface area contributed by atoms with Crippen molar-refractivity contribution in [3.05, 3.63) is 18.0 Å². The molecule has 1 heterocycles. The van der Waals surface area contributed by atoms with Crippen LogP contribution >= 0.6 is 0 Å². The van der Waals surface area contributed by atoms with Crippen molar-refractivity contribution in [3.63, 3.8) is 0 Å². The van der Waals surface area contributed by atoms with E-state index < -0.39 is 0 Å². The summed E-state index contributed by atoms with van der Waals surface area (Å²) in [5.74, 6) is 8.30. The molecule has 2 aromatic rings. The number of ether oxygens (including phenoxy) is 2. The molecule has 0 aliphatic rings. The topological polar surface area (TPSA) is 82.3 Å². The molecule has 1 aromatic heterocycles. The number of aromatic nitrogens is 2. The zero-order chi connectivity index (χ0) is 14.0. The molecule has 102 valence electrons. The third kappa shape index (κ3) is 2.39. The predicted octanol–water partition coefficient (Wildman–Crippen LogP) is 2.06. The van der Waals surface area contributed by atoms with Crippen molar-refractivity contribution in [1.29, 1.82) is 0 Å². The summed E-state index contributed by atoms with van der Waals surface area (Å²) in [7, 11) is 3.18. The number of methoxy groups -OCH3 is 2. The highest BCUT2D eigenvalue weighted by Crippen LogP contribution is 2.34. The monoisotopic (exact) mass is 262 g/mol. The lowest BCUT2D eigenvalue weighted by Crippen LogP contribution is -2.12. The van der Waals surface area contributed by atoms with Gasteiger partial charge in [-0.3, -0.25) is 0 Å². The molecule has 0 saturated heterocycles. The van der Waals surface area contributed by atoms with Crippen molar-refractivity contribution in [2.45, 2.75) is 19.8 Å². The summed E-state index contributed by atoms with van der Waals surface area (Å²) in [6.07, 6.45) is 0. The van der Waals surface area contributed by atoms with Gasteiger partial charge in [0.15, 0.2) is 17.3 Å². The van der Waals surface area contributed by atoms with E-state index >= 15 is 0 Å². The molecule has 6 heteroatoms. The molecule has 19 heavy (non-hydrogen) atoms. The van der Waals surface area contributed by atoms with E-state index in [1.54, 1.807) is 14.2 Å². The van der Waals surface area contributed by atoms with Crippen LogP contribution in [-0.2, 0) is 0 Å². The molecule has 0 unspecified atom stereocenters. The molecule has 0 aliphatic carbocycles. The SMILES string of the molecule is COc1cc2nc(C(C)C)nc(NN)c2cc1OC. The Hall–Kier alpha value is -2.08. The Morgan fingerprint density at radius 2 is 1.74 bits per heavy atom. The van der Waals surface area contributed by atoms with Crippen molar-refractivity contribution in [1.82, 2.24) is 9.97 Å². The first-order valence-electron chi connectivity index (χ1n) is 6.01. The van der Waals surface area contributed by atoms with Gasteiger partial charge >= 0.3 is 0 Å². The average Bonchev–Trinajstić information content (AvgIpc) is 2.44. The number of rotatable bonds is 4. The molecule has 3 N–H and O–H groups in total. The van der Waals surface area contributed by atoms with E-state index in [-0.39, 0.29) is 5.92 Å². The Balaban J connectivity index is 2.75. The third-order valence-electron chi connectivity index (χ3n) is 2.87. The van der Waals surface area contributed by atoms with Crippen molar-refractivity contribution in [2.75, 3.05) is 19.6 Å². The third-order valence-corrected chi connectivity index (χ3v) is 2.87. The highest BCUT2D eigenvalue weighted by atomic mass is 16.5. The van der Waals surface area contributed by atoms with Gasteiger partial charge in [-0.05, 0) is 6.07 Å². The fourth-order valence-corrected chi connectivity index (χ4v) is 1.84. The molecule has 1 aromatic carbocycles. The summed E-state index contributed by atoms with van der Waals surface area (Å²) in [5, 5.41) is 0.796. The van der Waals surface area contributed by atoms with Crippen LogP contribution in [0.3, 0.4) is 0 Å². The smallest absolute Gasteiger partial charge is 0.162 e. The van der Waals surface area contributed by atoms with Gasteiger partial charge in [-0.25, -0.2) is 15.8 Å². The van der Waals surface area contributed by atoms with Crippen LogP contribution in [0.5, 0.6) is 11.5 Å². The fraction of sp³-hybridized carbons (Fsp3) is 0.385. The Morgan fingerprint density at radius 3 is 2.26 bits per heavy atom. The number of nitrogen functional groups attached to an aromatic ring is 1. The summed E-state index contributed by atoms with van der Waals surface area (Å²) < 4.78 is 10.6. The molecular weight excluding hydrogens is 244 g/mol. The fourth-order valence-electron chi connectivity index (χ4n) is 1.84. The van der Waals surface area contributed by atoms with Gasteiger partial charge in [-0.15, -0.1) is 0 Å². The number of hydrogen-bond acceptors (Lipinski definition) is 6. The zero-order valence-corrected chi connectivity index (χ0v) is 11.5. The van der Waals surface area contributed by atoms with Crippen molar-refractivity contribution < 1.29 is 9.47 Å². The number of hydrogen-bond donors (Lipinski definition) is 2. The van der Waals surface area contributed by atoms with E-state index in [1.807, 2.05) is 26.0 Å². The number of nitrogens with one attached hydrogen (secondary N) is 1. The van der Waals surface area contributed by atoms with E-state index in [9.17, 15) is 0 Å². The van der Waals surface area contributed by atoms with Crippen LogP contribution in [0.15, 0.2) is 12.1 Å². The number of fused-ring (bicyclic) bond motifs is 1. The van der Waals surface area contributed by atoms with E-state index in [1.165, 1.54) is 0 Å². The highest BCUT2D eigenvalue weighted by Gasteiger charge is 2.13. The maximum Gasteiger partial charge on any atom is 0.162 e. The lowest BCUT2D eigenvalue weighted by Gasteiger charge is -2.13. The normalized spacial score (nSPS) is 10.8. The maximum atomic E-state index is 5.53. The van der Waals surface area contributed by atoms with Gasteiger partial charge in [-0.2, -0.15) is 0 Å². The summed E-state index contributed by atoms with van der Waals surface area (Å²) in [5.41, 5.74) is 3.37. The average molecular weight is 262 g/mol. The summed E-state index contributed by atoms with van der Waals surface area (Å²) in [6, 6.07) is 3.63. The standard InChI is InChI=1S/C13H18N4O2/c1-7(2)12-15-9-6-11(19-4)10(18-3)5-8(9)13(16-12)17-14/h5-7H,14H2,1-4H3,(H,15,16,17). The van der Waals surface area contributed by atoms with E-state index in [2.05, 4.69) is 15.4 Å². The minimum atomic E-state index is 0.213. The first kappa shape index (κ1) is 13.4. The largest absolute Gasteiger partial charge is 0.493 e. The molecule has 2 rings (SSSR count). The van der Waals surface area contributed by atoms with Gasteiger partial charge in [0.05, 0.1) is 19.7 Å². The quantitative estimate of drug-likeness (QED) is 0.648. The minimum absolute atomic E-state index is 0.213. The minimum Gasteiger partial charge on any atom is -0.493 e. The number of nitrogens with zero attached hydrogens (tertiary/aromatic N) is 2. The summed E-state index contributed by atoms with van der Waals surface area (Å²) in [6.45, 7) is 4.06. The molecule has 0 amide bonds. The molecule has 0 bridgehead atoms. The lowest BCUT2D eigenvalue weighted by atomic mass is 10.1. The molecule has 6 nitrogen and oxygen atoms in total. The highest BCUT2D eigenvalue weighted by molar-refractivity contribution is 5.91. The van der Waals surface area contributed by atoms with Gasteiger partial charge in [0, 0.05) is 17.4 Å². The van der Waals surface area contributed by atoms with Crippen molar-refractivity contribution in [2.24, 2.45) is 5.84 Å². The molecule has 0 saturated carbocycles. The number of nitrogens with two attached hydrogens (primary N) is 1. The number of hydrazine groups is 1. The van der Waals surface area contributed by atoms with Crippen LogP contribution < -0.4 is 20.7 Å². The van der Waals surface area contributed by atoms with Crippen LogP contribution in [0.1, 0.15) is 25.6 Å². The van der Waals surface area contributed by atoms with Gasteiger partial charge in [0.1, 0.15) is 5.82 Å². The second-order valence-corrected chi connectivity index (χ2v) is 4.45.